The first-order chi connectivity index (χ1) is 13.1. The highest BCUT2D eigenvalue weighted by Crippen LogP contribution is 2.41. The molecule has 0 amide bonds. The molecule has 0 unspecified atom stereocenters. The number of aryl methyl sites for hydroxylation is 3. The lowest BCUT2D eigenvalue weighted by molar-refractivity contribution is 0.122. The van der Waals surface area contributed by atoms with Gasteiger partial charge in [0.2, 0.25) is 5.95 Å². The molecule has 0 bridgehead atoms. The highest BCUT2D eigenvalue weighted by atomic mass is 16.5. The van der Waals surface area contributed by atoms with Gasteiger partial charge in [-0.1, -0.05) is 0 Å². The highest BCUT2D eigenvalue weighted by molar-refractivity contribution is 5.75. The zero-order valence-electron chi connectivity index (χ0n) is 16.1. The predicted molar refractivity (Wildman–Crippen MR) is 103 cm³/mol. The maximum absolute atomic E-state index is 5.41. The molecule has 1 saturated carbocycles. The summed E-state index contributed by atoms with van der Waals surface area (Å²) in [5, 5.41) is 3.83. The van der Waals surface area contributed by atoms with Gasteiger partial charge in [0.05, 0.1) is 30.3 Å². The van der Waals surface area contributed by atoms with Crippen LogP contribution in [0, 0.1) is 13.8 Å². The number of nitrogens with zero attached hydrogens (tertiary/aromatic N) is 7. The molecule has 2 fully saturated rings. The van der Waals surface area contributed by atoms with Crippen molar-refractivity contribution >= 4 is 17.1 Å². The van der Waals surface area contributed by atoms with Gasteiger partial charge < -0.3 is 9.64 Å². The van der Waals surface area contributed by atoms with Crippen LogP contribution < -0.4 is 4.90 Å². The number of morpholine rings is 1. The summed E-state index contributed by atoms with van der Waals surface area (Å²) in [5.74, 6) is 1.32. The zero-order chi connectivity index (χ0) is 18.8. The highest BCUT2D eigenvalue weighted by Gasteiger charge is 2.30. The molecule has 3 aromatic heterocycles. The van der Waals surface area contributed by atoms with Gasteiger partial charge >= 0.3 is 0 Å². The minimum Gasteiger partial charge on any atom is -0.378 e. The molecule has 1 saturated heterocycles. The molecule has 0 spiro atoms. The maximum Gasteiger partial charge on any atom is 0.227 e. The van der Waals surface area contributed by atoms with E-state index in [1.165, 1.54) is 12.8 Å². The second-order valence-electron chi connectivity index (χ2n) is 7.03. The lowest BCUT2D eigenvalue weighted by Crippen LogP contribution is -2.37. The Hall–Kier alpha value is -2.61. The molecule has 3 aromatic rings. The number of anilines is 1. The number of ether oxygens (including phenoxy) is 1. The Morgan fingerprint density at radius 1 is 1.00 bits per heavy atom. The van der Waals surface area contributed by atoms with Crippen LogP contribution in [0.15, 0.2) is 18.5 Å². The van der Waals surface area contributed by atoms with E-state index in [1.54, 1.807) is 10.9 Å². The summed E-state index contributed by atoms with van der Waals surface area (Å²) >= 11 is 0. The van der Waals surface area contributed by atoms with Crippen molar-refractivity contribution in [1.82, 2.24) is 29.7 Å². The molecule has 4 heterocycles. The van der Waals surface area contributed by atoms with E-state index in [9.17, 15) is 0 Å². The van der Waals surface area contributed by atoms with E-state index in [4.69, 9.17) is 14.7 Å². The molecule has 0 N–H and O–H groups in total. The molecule has 8 nitrogen and oxygen atoms in total. The fourth-order valence-corrected chi connectivity index (χ4v) is 3.01. The molecule has 2 aliphatic rings. The van der Waals surface area contributed by atoms with Gasteiger partial charge in [0.1, 0.15) is 5.52 Å². The second kappa shape index (κ2) is 7.56. The Kier molecular flexibility index (Phi) is 4.98. The molecular weight excluding hydrogens is 342 g/mol. The minimum absolute atomic E-state index is 0.534. The van der Waals surface area contributed by atoms with Gasteiger partial charge in [0, 0.05) is 38.4 Å². The van der Waals surface area contributed by atoms with Crippen molar-refractivity contribution in [2.45, 2.75) is 32.6 Å². The molecule has 5 rings (SSSR count). The molecule has 1 aliphatic carbocycles. The normalized spacial score (nSPS) is 16.9. The number of hydrogen-bond acceptors (Lipinski definition) is 7. The Balaban J connectivity index is 0.000000257. The SMILES string of the molecule is Cc1nc2nc(N3CCOCC3)nc(C3CC3)c2nc1C.Cn1cccn1. The van der Waals surface area contributed by atoms with Gasteiger partial charge in [-0.05, 0) is 32.8 Å². The largest absolute Gasteiger partial charge is 0.378 e. The molecule has 0 atom stereocenters. The van der Waals surface area contributed by atoms with Crippen LogP contribution in [0.25, 0.3) is 11.2 Å². The summed E-state index contributed by atoms with van der Waals surface area (Å²) in [5.41, 5.74) is 4.61. The van der Waals surface area contributed by atoms with Crippen LogP contribution in [0.4, 0.5) is 5.95 Å². The quantitative estimate of drug-likeness (QED) is 0.686. The molecule has 0 aromatic carbocycles. The average molecular weight is 367 g/mol. The Morgan fingerprint density at radius 3 is 2.33 bits per heavy atom. The first kappa shape index (κ1) is 17.8. The van der Waals surface area contributed by atoms with Crippen LogP contribution in [0.3, 0.4) is 0 Å². The molecular formula is C19H25N7O. The van der Waals surface area contributed by atoms with Crippen LogP contribution in [0.5, 0.6) is 0 Å². The van der Waals surface area contributed by atoms with Crippen molar-refractivity contribution in [1.29, 1.82) is 0 Å². The zero-order valence-corrected chi connectivity index (χ0v) is 16.1. The van der Waals surface area contributed by atoms with E-state index in [0.29, 0.717) is 5.92 Å². The van der Waals surface area contributed by atoms with Crippen molar-refractivity contribution in [2.24, 2.45) is 7.05 Å². The predicted octanol–water partition coefficient (Wildman–Crippen LogP) is 2.17. The summed E-state index contributed by atoms with van der Waals surface area (Å²) in [4.78, 5) is 21.0. The fraction of sp³-hybridized carbons (Fsp3) is 0.526. The van der Waals surface area contributed by atoms with Crippen molar-refractivity contribution in [3.8, 4) is 0 Å². The van der Waals surface area contributed by atoms with Crippen LogP contribution in [-0.2, 0) is 11.8 Å². The lowest BCUT2D eigenvalue weighted by Gasteiger charge is -2.27. The summed E-state index contributed by atoms with van der Waals surface area (Å²) < 4.78 is 7.16. The van der Waals surface area contributed by atoms with Gasteiger partial charge in [0.15, 0.2) is 5.65 Å². The standard InChI is InChI=1S/C15H19N5O.C4H6N2/c1-9-10(2)17-14-13(16-9)12(11-3-4-11)18-15(19-14)20-5-7-21-8-6-20;1-6-4-2-3-5-6/h11H,3-8H2,1-2H3;2-4H,1H3. The summed E-state index contributed by atoms with van der Waals surface area (Å²) in [6.45, 7) is 7.13. The number of hydrogen-bond donors (Lipinski definition) is 0. The Morgan fingerprint density at radius 2 is 1.74 bits per heavy atom. The van der Waals surface area contributed by atoms with Crippen LogP contribution in [-0.4, -0.2) is 56.0 Å². The van der Waals surface area contributed by atoms with Crippen molar-refractivity contribution in [3.05, 3.63) is 35.5 Å². The second-order valence-corrected chi connectivity index (χ2v) is 7.03. The molecule has 27 heavy (non-hydrogen) atoms. The van der Waals surface area contributed by atoms with Crippen molar-refractivity contribution in [3.63, 3.8) is 0 Å². The molecule has 8 heteroatoms. The fourth-order valence-electron chi connectivity index (χ4n) is 3.01. The first-order valence-electron chi connectivity index (χ1n) is 9.41. The van der Waals surface area contributed by atoms with Crippen LogP contribution in [0.2, 0.25) is 0 Å². The number of rotatable bonds is 2. The maximum atomic E-state index is 5.41. The third-order valence-electron chi connectivity index (χ3n) is 4.85. The van der Waals surface area contributed by atoms with Crippen LogP contribution >= 0.6 is 0 Å². The summed E-state index contributed by atoms with van der Waals surface area (Å²) in [6, 6.07) is 1.89. The van der Waals surface area contributed by atoms with E-state index in [2.05, 4.69) is 20.0 Å². The lowest BCUT2D eigenvalue weighted by atomic mass is 10.2. The molecule has 142 valence electrons. The van der Waals surface area contributed by atoms with E-state index in [-0.39, 0.29) is 0 Å². The van der Waals surface area contributed by atoms with Gasteiger partial charge in [-0.25, -0.2) is 15.0 Å². The van der Waals surface area contributed by atoms with Crippen molar-refractivity contribution < 1.29 is 4.74 Å². The molecule has 1 aliphatic heterocycles. The third kappa shape index (κ3) is 4.05. The van der Waals surface area contributed by atoms with E-state index in [1.807, 2.05) is 33.2 Å². The van der Waals surface area contributed by atoms with E-state index < -0.39 is 0 Å². The third-order valence-corrected chi connectivity index (χ3v) is 4.85. The van der Waals surface area contributed by atoms with E-state index >= 15 is 0 Å². The van der Waals surface area contributed by atoms with Crippen molar-refractivity contribution in [2.75, 3.05) is 31.2 Å². The monoisotopic (exact) mass is 367 g/mol. The van der Waals surface area contributed by atoms with Gasteiger partial charge in [-0.2, -0.15) is 10.1 Å². The van der Waals surface area contributed by atoms with Gasteiger partial charge in [-0.15, -0.1) is 0 Å². The Labute approximate surface area is 158 Å². The van der Waals surface area contributed by atoms with Gasteiger partial charge in [0.25, 0.3) is 0 Å². The Bertz CT molecular complexity index is 915. The smallest absolute Gasteiger partial charge is 0.227 e. The summed E-state index contributed by atoms with van der Waals surface area (Å²) in [6.07, 6.45) is 6.03. The van der Waals surface area contributed by atoms with Gasteiger partial charge in [-0.3, -0.25) is 4.68 Å². The topological polar surface area (TPSA) is 81.9 Å². The molecule has 0 radical (unpaired) electrons. The summed E-state index contributed by atoms with van der Waals surface area (Å²) in [7, 11) is 1.89. The number of fused-ring (bicyclic) bond motifs is 1. The van der Waals surface area contributed by atoms with E-state index in [0.717, 1.165) is 60.5 Å². The minimum atomic E-state index is 0.534. The van der Waals surface area contributed by atoms with Crippen LogP contribution in [0.1, 0.15) is 35.8 Å². The number of aromatic nitrogens is 6. The average Bonchev–Trinajstić information content (AvgIpc) is 3.42. The first-order valence-corrected chi connectivity index (χ1v) is 9.41.